The van der Waals surface area contributed by atoms with Gasteiger partial charge in [-0.3, -0.25) is 4.52 Å². The number of phosphoric ester groups is 1. The predicted octanol–water partition coefficient (Wildman–Crippen LogP) is 2.07. The first-order valence-electron chi connectivity index (χ1n) is 2.90. The third kappa shape index (κ3) is 5.21. The average Bonchev–Trinajstić information content (AvgIpc) is 1.89. The summed E-state index contributed by atoms with van der Waals surface area (Å²) in [5.41, 5.74) is 0. The summed E-state index contributed by atoms with van der Waals surface area (Å²) in [5, 5.41) is 0. The Bertz CT molecular complexity index is 128. The molecule has 0 spiro atoms. The van der Waals surface area contributed by atoms with Crippen molar-refractivity contribution < 1.29 is 18.1 Å². The summed E-state index contributed by atoms with van der Waals surface area (Å²) in [7, 11) is -3.94. The maximum atomic E-state index is 10.4. The van der Waals surface area contributed by atoms with Crippen molar-refractivity contribution in [3.8, 4) is 0 Å². The largest absolute Gasteiger partial charge is 0.488 e. The molecule has 1 atom stereocenters. The molecule has 4 nitrogen and oxygen atoms in total. The van der Waals surface area contributed by atoms with Crippen LogP contribution in [0.4, 0.5) is 0 Å². The highest BCUT2D eigenvalue weighted by molar-refractivity contribution is 7.48. The molecule has 0 rings (SSSR count). The highest BCUT2D eigenvalue weighted by Gasteiger charge is 2.19. The average molecular weight is 189 g/mol. The lowest BCUT2D eigenvalue weighted by Gasteiger charge is -2.05. The highest BCUT2D eigenvalue weighted by atomic mass is 35.5. The molecule has 0 aromatic carbocycles. The Morgan fingerprint density at radius 2 is 2.30 bits per heavy atom. The lowest BCUT2D eigenvalue weighted by molar-refractivity contribution is 0.205. The van der Waals surface area contributed by atoms with Gasteiger partial charge in [0.25, 0.3) is 0 Å². The van der Waals surface area contributed by atoms with Crippen LogP contribution in [-0.2, 0) is 13.2 Å². The Kier molecular flexibility index (Phi) is 5.31. The molecule has 0 aliphatic carbocycles. The first-order valence-corrected chi connectivity index (χ1v) is 4.70. The van der Waals surface area contributed by atoms with E-state index in [1.54, 1.807) is 0 Å². The Balaban J connectivity index is 3.38. The second kappa shape index (κ2) is 5.10. The number of phosphoric acid groups is 1. The van der Waals surface area contributed by atoms with Crippen molar-refractivity contribution in [2.24, 2.45) is 0 Å². The smallest absolute Gasteiger partial charge is 0.302 e. The molecule has 1 N–H and O–H groups in total. The Hall–Kier alpha value is 0.400. The zero-order valence-electron chi connectivity index (χ0n) is 5.62. The van der Waals surface area contributed by atoms with Crippen LogP contribution in [0.1, 0.15) is 19.8 Å². The van der Waals surface area contributed by atoms with Gasteiger partial charge >= 0.3 is 7.82 Å². The van der Waals surface area contributed by atoms with Crippen LogP contribution in [0.5, 0.6) is 0 Å². The molecular weight excluding hydrogens is 178 g/mol. The fourth-order valence-electron chi connectivity index (χ4n) is 0.344. The maximum absolute atomic E-state index is 10.4. The van der Waals surface area contributed by atoms with Crippen LogP contribution in [0.25, 0.3) is 0 Å². The van der Waals surface area contributed by atoms with E-state index in [9.17, 15) is 4.57 Å². The maximum Gasteiger partial charge on any atom is 0.488 e. The standard InChI is InChI=1S/C4H10ClO4P/c1-2-3-4-8-10(6,7)9-5/h2-4H2,1H3,(H,6,7). The lowest BCUT2D eigenvalue weighted by atomic mass is 10.4. The van der Waals surface area contributed by atoms with E-state index in [0.29, 0.717) is 6.42 Å². The van der Waals surface area contributed by atoms with Crippen molar-refractivity contribution in [2.75, 3.05) is 6.61 Å². The SMILES string of the molecule is CCCCOP(=O)(O)OCl. The van der Waals surface area contributed by atoms with Crippen LogP contribution < -0.4 is 0 Å². The van der Waals surface area contributed by atoms with Gasteiger partial charge in [-0.25, -0.2) is 4.57 Å². The molecule has 0 fully saturated rings. The highest BCUT2D eigenvalue weighted by Crippen LogP contribution is 2.44. The zero-order valence-corrected chi connectivity index (χ0v) is 7.27. The van der Waals surface area contributed by atoms with Gasteiger partial charge in [-0.05, 0) is 6.42 Å². The van der Waals surface area contributed by atoms with Crippen LogP contribution in [0, 0.1) is 0 Å². The zero-order chi connectivity index (χ0) is 8.04. The fraction of sp³-hybridized carbons (Fsp3) is 1.00. The van der Waals surface area contributed by atoms with E-state index in [0.717, 1.165) is 6.42 Å². The number of hydrogen-bond acceptors (Lipinski definition) is 3. The minimum absolute atomic E-state index is 0.191. The van der Waals surface area contributed by atoms with Crippen molar-refractivity contribution in [1.29, 1.82) is 0 Å². The Labute approximate surface area is 64.9 Å². The second-order valence-corrected chi connectivity index (χ2v) is 3.47. The summed E-state index contributed by atoms with van der Waals surface area (Å²) in [6, 6.07) is 0. The van der Waals surface area contributed by atoms with Gasteiger partial charge in [0.05, 0.1) is 18.5 Å². The van der Waals surface area contributed by atoms with Gasteiger partial charge in [0, 0.05) is 0 Å². The Morgan fingerprint density at radius 1 is 1.70 bits per heavy atom. The normalized spacial score (nSPS) is 16.7. The molecule has 10 heavy (non-hydrogen) atoms. The topological polar surface area (TPSA) is 55.8 Å². The van der Waals surface area contributed by atoms with E-state index >= 15 is 0 Å². The van der Waals surface area contributed by atoms with E-state index in [4.69, 9.17) is 4.89 Å². The van der Waals surface area contributed by atoms with Crippen LogP contribution in [0.15, 0.2) is 0 Å². The summed E-state index contributed by atoms with van der Waals surface area (Å²) < 4.78 is 18.5. The van der Waals surface area contributed by atoms with Crippen LogP contribution >= 0.6 is 19.7 Å². The molecule has 1 unspecified atom stereocenters. The molecule has 0 aliphatic heterocycles. The van der Waals surface area contributed by atoms with Gasteiger partial charge in [-0.2, -0.15) is 4.08 Å². The van der Waals surface area contributed by atoms with E-state index in [1.165, 1.54) is 0 Å². The second-order valence-electron chi connectivity index (χ2n) is 1.72. The lowest BCUT2D eigenvalue weighted by Crippen LogP contribution is -1.91. The predicted molar refractivity (Wildman–Crippen MR) is 37.6 cm³/mol. The third-order valence-corrected chi connectivity index (χ3v) is 2.05. The van der Waals surface area contributed by atoms with Gasteiger partial charge in [0.15, 0.2) is 0 Å². The summed E-state index contributed by atoms with van der Waals surface area (Å²) in [5.74, 6) is 0. The minimum atomic E-state index is -3.94. The minimum Gasteiger partial charge on any atom is -0.302 e. The van der Waals surface area contributed by atoms with Gasteiger partial charge in [-0.1, -0.05) is 13.3 Å². The summed E-state index contributed by atoms with van der Waals surface area (Å²) in [6.45, 7) is 2.13. The molecule has 0 radical (unpaired) electrons. The van der Waals surface area contributed by atoms with Crippen molar-refractivity contribution in [3.63, 3.8) is 0 Å². The van der Waals surface area contributed by atoms with Crippen LogP contribution in [-0.4, -0.2) is 11.5 Å². The van der Waals surface area contributed by atoms with E-state index in [2.05, 4.69) is 20.5 Å². The monoisotopic (exact) mass is 188 g/mol. The van der Waals surface area contributed by atoms with Crippen molar-refractivity contribution in [3.05, 3.63) is 0 Å². The first-order chi connectivity index (χ1) is 4.62. The molecule has 6 heteroatoms. The van der Waals surface area contributed by atoms with E-state index in [1.807, 2.05) is 6.92 Å². The van der Waals surface area contributed by atoms with Crippen molar-refractivity contribution in [1.82, 2.24) is 0 Å². The fourth-order valence-corrected chi connectivity index (χ4v) is 0.863. The molecule has 0 aliphatic rings. The number of halogens is 1. The van der Waals surface area contributed by atoms with Gasteiger partial charge in [0.1, 0.15) is 0 Å². The molecule has 0 amide bonds. The number of hydrogen-bond donors (Lipinski definition) is 1. The quantitative estimate of drug-likeness (QED) is 0.530. The number of unbranched alkanes of at least 4 members (excludes halogenated alkanes) is 1. The van der Waals surface area contributed by atoms with Gasteiger partial charge in [0.2, 0.25) is 0 Å². The molecule has 0 aromatic heterocycles. The molecule has 0 saturated carbocycles. The number of rotatable bonds is 5. The van der Waals surface area contributed by atoms with Gasteiger partial charge in [-0.15, -0.1) is 0 Å². The molecule has 0 aromatic rings. The molecular formula is C4H10ClO4P. The summed E-state index contributed by atoms with van der Waals surface area (Å²) in [4.78, 5) is 8.53. The van der Waals surface area contributed by atoms with Crippen molar-refractivity contribution >= 4 is 19.7 Å². The first kappa shape index (κ1) is 10.4. The van der Waals surface area contributed by atoms with Crippen molar-refractivity contribution in [2.45, 2.75) is 19.8 Å². The van der Waals surface area contributed by atoms with Gasteiger partial charge < -0.3 is 4.89 Å². The summed E-state index contributed by atoms with van der Waals surface area (Å²) in [6.07, 6.45) is 1.60. The molecule has 0 heterocycles. The van der Waals surface area contributed by atoms with E-state index in [-0.39, 0.29) is 6.61 Å². The molecule has 0 bridgehead atoms. The van der Waals surface area contributed by atoms with E-state index < -0.39 is 7.82 Å². The molecule has 62 valence electrons. The summed E-state index contributed by atoms with van der Waals surface area (Å²) >= 11 is 4.63. The van der Waals surface area contributed by atoms with Crippen LogP contribution in [0.3, 0.4) is 0 Å². The third-order valence-electron chi connectivity index (χ3n) is 0.840. The molecule has 0 saturated heterocycles. The van der Waals surface area contributed by atoms with Crippen LogP contribution in [0.2, 0.25) is 0 Å². The Morgan fingerprint density at radius 3 is 2.70 bits per heavy atom.